The van der Waals surface area contributed by atoms with Crippen molar-refractivity contribution in [3.05, 3.63) is 23.8 Å². The van der Waals surface area contributed by atoms with E-state index in [0.29, 0.717) is 0 Å². The van der Waals surface area contributed by atoms with Crippen LogP contribution in [0.15, 0.2) is 18.2 Å². The van der Waals surface area contributed by atoms with Crippen LogP contribution in [0.2, 0.25) is 0 Å². The summed E-state index contributed by atoms with van der Waals surface area (Å²) in [6.07, 6.45) is 3.85. The molecule has 1 aliphatic heterocycles. The Morgan fingerprint density at radius 2 is 2.11 bits per heavy atom. The van der Waals surface area contributed by atoms with E-state index in [-0.39, 0.29) is 6.04 Å². The molecule has 3 nitrogen and oxygen atoms in total. The van der Waals surface area contributed by atoms with Gasteiger partial charge in [-0.3, -0.25) is 0 Å². The van der Waals surface area contributed by atoms with Crippen LogP contribution in [-0.2, 0) is 0 Å². The number of benzene rings is 1. The lowest BCUT2D eigenvalue weighted by Gasteiger charge is -2.28. The summed E-state index contributed by atoms with van der Waals surface area (Å²) in [6, 6.07) is 6.24. The molecule has 3 heteroatoms. The SMILES string of the molecule is COc1cccc(N2CCCC(C)CC2)c1C(C)N. The summed E-state index contributed by atoms with van der Waals surface area (Å²) < 4.78 is 5.48. The lowest BCUT2D eigenvalue weighted by atomic mass is 10.0. The molecule has 0 bridgehead atoms. The summed E-state index contributed by atoms with van der Waals surface area (Å²) in [6.45, 7) is 6.62. The van der Waals surface area contributed by atoms with Gasteiger partial charge >= 0.3 is 0 Å². The standard InChI is InChI=1S/C16H26N2O/c1-12-6-5-10-18(11-9-12)14-7-4-8-15(19-3)16(14)13(2)17/h4,7-8,12-13H,5-6,9-11,17H2,1-3H3. The third-order valence-corrected chi connectivity index (χ3v) is 4.08. The molecule has 0 aliphatic carbocycles. The highest BCUT2D eigenvalue weighted by Crippen LogP contribution is 2.35. The minimum absolute atomic E-state index is 0.00757. The molecule has 0 spiro atoms. The van der Waals surface area contributed by atoms with Crippen LogP contribution in [-0.4, -0.2) is 20.2 Å². The third kappa shape index (κ3) is 3.21. The van der Waals surface area contributed by atoms with Gasteiger partial charge in [0.15, 0.2) is 0 Å². The van der Waals surface area contributed by atoms with E-state index in [1.807, 2.05) is 13.0 Å². The second-order valence-electron chi connectivity index (χ2n) is 5.70. The monoisotopic (exact) mass is 262 g/mol. The average molecular weight is 262 g/mol. The number of nitrogens with two attached hydrogens (primary N) is 1. The Bertz CT molecular complexity index is 417. The van der Waals surface area contributed by atoms with Gasteiger partial charge in [0.1, 0.15) is 5.75 Å². The quantitative estimate of drug-likeness (QED) is 0.908. The van der Waals surface area contributed by atoms with Crippen molar-refractivity contribution in [1.82, 2.24) is 0 Å². The van der Waals surface area contributed by atoms with E-state index in [2.05, 4.69) is 24.0 Å². The molecule has 0 saturated carbocycles. The predicted octanol–water partition coefficient (Wildman–Crippen LogP) is 3.34. The van der Waals surface area contributed by atoms with Gasteiger partial charge in [0.2, 0.25) is 0 Å². The summed E-state index contributed by atoms with van der Waals surface area (Å²) in [5.74, 6) is 1.74. The van der Waals surface area contributed by atoms with Gasteiger partial charge in [-0.1, -0.05) is 13.0 Å². The first-order chi connectivity index (χ1) is 9.13. The van der Waals surface area contributed by atoms with E-state index >= 15 is 0 Å². The Balaban J connectivity index is 2.32. The van der Waals surface area contributed by atoms with Crippen molar-refractivity contribution >= 4 is 5.69 Å². The fourth-order valence-corrected chi connectivity index (χ4v) is 2.95. The molecule has 0 aromatic heterocycles. The van der Waals surface area contributed by atoms with Crippen molar-refractivity contribution in [2.24, 2.45) is 11.7 Å². The van der Waals surface area contributed by atoms with Crippen molar-refractivity contribution in [3.63, 3.8) is 0 Å². The van der Waals surface area contributed by atoms with Gasteiger partial charge in [-0.2, -0.15) is 0 Å². The number of hydrogen-bond acceptors (Lipinski definition) is 3. The molecular formula is C16H26N2O. The van der Waals surface area contributed by atoms with Gasteiger partial charge in [-0.15, -0.1) is 0 Å². The lowest BCUT2D eigenvalue weighted by Crippen LogP contribution is -2.26. The smallest absolute Gasteiger partial charge is 0.125 e. The Kier molecular flexibility index (Phi) is 4.70. The van der Waals surface area contributed by atoms with E-state index in [1.54, 1.807) is 7.11 Å². The number of nitrogens with zero attached hydrogens (tertiary/aromatic N) is 1. The molecule has 106 valence electrons. The second-order valence-corrected chi connectivity index (χ2v) is 5.70. The molecule has 1 aliphatic rings. The maximum absolute atomic E-state index is 6.16. The third-order valence-electron chi connectivity index (χ3n) is 4.08. The molecule has 1 aromatic carbocycles. The van der Waals surface area contributed by atoms with Gasteiger partial charge in [0.05, 0.1) is 7.11 Å². The van der Waals surface area contributed by atoms with Crippen LogP contribution in [0.3, 0.4) is 0 Å². The fraction of sp³-hybridized carbons (Fsp3) is 0.625. The van der Waals surface area contributed by atoms with Crippen molar-refractivity contribution in [3.8, 4) is 5.75 Å². The van der Waals surface area contributed by atoms with Crippen LogP contribution in [0.5, 0.6) is 5.75 Å². The predicted molar refractivity (Wildman–Crippen MR) is 80.8 cm³/mol. The first kappa shape index (κ1) is 14.2. The Hall–Kier alpha value is -1.22. The molecule has 1 aromatic rings. The molecule has 0 amide bonds. The molecule has 2 rings (SSSR count). The summed E-state index contributed by atoms with van der Waals surface area (Å²) >= 11 is 0. The highest BCUT2D eigenvalue weighted by Gasteiger charge is 2.20. The lowest BCUT2D eigenvalue weighted by molar-refractivity contribution is 0.407. The van der Waals surface area contributed by atoms with Crippen LogP contribution in [0.4, 0.5) is 5.69 Å². The molecule has 2 unspecified atom stereocenters. The largest absolute Gasteiger partial charge is 0.496 e. The summed E-state index contributed by atoms with van der Waals surface area (Å²) in [5.41, 5.74) is 8.55. The first-order valence-electron chi connectivity index (χ1n) is 7.31. The zero-order valence-electron chi connectivity index (χ0n) is 12.4. The summed E-state index contributed by atoms with van der Waals surface area (Å²) in [5, 5.41) is 0. The average Bonchev–Trinajstić information content (AvgIpc) is 2.62. The maximum atomic E-state index is 6.16. The summed E-state index contributed by atoms with van der Waals surface area (Å²) in [7, 11) is 1.72. The second kappa shape index (κ2) is 6.29. The van der Waals surface area contributed by atoms with Crippen LogP contribution in [0, 0.1) is 5.92 Å². The fourth-order valence-electron chi connectivity index (χ4n) is 2.95. The van der Waals surface area contributed by atoms with Crippen molar-refractivity contribution in [1.29, 1.82) is 0 Å². The van der Waals surface area contributed by atoms with Crippen molar-refractivity contribution < 1.29 is 4.74 Å². The maximum Gasteiger partial charge on any atom is 0.125 e. The van der Waals surface area contributed by atoms with E-state index < -0.39 is 0 Å². The first-order valence-corrected chi connectivity index (χ1v) is 7.31. The van der Waals surface area contributed by atoms with Crippen molar-refractivity contribution in [2.45, 2.75) is 39.2 Å². The number of anilines is 1. The van der Waals surface area contributed by atoms with Gasteiger partial charge in [0, 0.05) is 30.4 Å². The number of rotatable bonds is 3. The molecule has 0 radical (unpaired) electrons. The Labute approximate surface area is 116 Å². The number of hydrogen-bond donors (Lipinski definition) is 1. The van der Waals surface area contributed by atoms with E-state index in [1.165, 1.54) is 24.9 Å². The zero-order chi connectivity index (χ0) is 13.8. The van der Waals surface area contributed by atoms with Gasteiger partial charge < -0.3 is 15.4 Å². The number of methoxy groups -OCH3 is 1. The van der Waals surface area contributed by atoms with Gasteiger partial charge in [-0.25, -0.2) is 0 Å². The molecule has 2 N–H and O–H groups in total. The highest BCUT2D eigenvalue weighted by atomic mass is 16.5. The van der Waals surface area contributed by atoms with Crippen LogP contribution >= 0.6 is 0 Å². The normalized spacial score (nSPS) is 21.9. The molecule has 1 fully saturated rings. The van der Waals surface area contributed by atoms with Crippen LogP contribution in [0.25, 0.3) is 0 Å². The minimum atomic E-state index is -0.00757. The molecule has 1 heterocycles. The topological polar surface area (TPSA) is 38.5 Å². The molecule has 1 saturated heterocycles. The van der Waals surface area contributed by atoms with E-state index in [0.717, 1.165) is 30.3 Å². The van der Waals surface area contributed by atoms with Crippen molar-refractivity contribution in [2.75, 3.05) is 25.1 Å². The zero-order valence-corrected chi connectivity index (χ0v) is 12.4. The highest BCUT2D eigenvalue weighted by molar-refractivity contribution is 5.60. The van der Waals surface area contributed by atoms with Crippen LogP contribution < -0.4 is 15.4 Å². The minimum Gasteiger partial charge on any atom is -0.496 e. The van der Waals surface area contributed by atoms with Gasteiger partial charge in [-0.05, 0) is 44.2 Å². The molecule has 2 atom stereocenters. The molecule has 19 heavy (non-hydrogen) atoms. The van der Waals surface area contributed by atoms with Crippen LogP contribution in [0.1, 0.15) is 44.7 Å². The van der Waals surface area contributed by atoms with E-state index in [9.17, 15) is 0 Å². The summed E-state index contributed by atoms with van der Waals surface area (Å²) in [4.78, 5) is 2.48. The molecular weight excluding hydrogens is 236 g/mol. The van der Waals surface area contributed by atoms with Gasteiger partial charge in [0.25, 0.3) is 0 Å². The van der Waals surface area contributed by atoms with E-state index in [4.69, 9.17) is 10.5 Å². The number of ether oxygens (including phenoxy) is 1. The Morgan fingerprint density at radius 3 is 2.79 bits per heavy atom. The Morgan fingerprint density at radius 1 is 1.32 bits per heavy atom.